The summed E-state index contributed by atoms with van der Waals surface area (Å²) in [4.78, 5) is 0. The number of ether oxygens (including phenoxy) is 1. The first-order valence-electron chi connectivity index (χ1n) is 6.39. The lowest BCUT2D eigenvalue weighted by Gasteiger charge is -2.27. The predicted octanol–water partition coefficient (Wildman–Crippen LogP) is 3.70. The first kappa shape index (κ1) is 14.0. The molecule has 0 spiro atoms. The maximum atomic E-state index is 6.42. The van der Waals surface area contributed by atoms with Gasteiger partial charge < -0.3 is 10.5 Å². The summed E-state index contributed by atoms with van der Waals surface area (Å²) >= 11 is 0. The van der Waals surface area contributed by atoms with Crippen molar-refractivity contribution in [2.45, 2.75) is 45.6 Å². The monoisotopic (exact) mass is 235 g/mol. The highest BCUT2D eigenvalue weighted by atomic mass is 16.5. The molecular formula is C15H25NO. The van der Waals surface area contributed by atoms with Crippen LogP contribution in [0.1, 0.15) is 45.6 Å². The third-order valence-corrected chi connectivity index (χ3v) is 3.20. The minimum Gasteiger partial charge on any atom is -0.496 e. The Morgan fingerprint density at radius 1 is 1.29 bits per heavy atom. The molecule has 1 aromatic carbocycles. The van der Waals surface area contributed by atoms with Crippen molar-refractivity contribution < 1.29 is 4.74 Å². The van der Waals surface area contributed by atoms with E-state index in [1.54, 1.807) is 7.11 Å². The average Bonchev–Trinajstić information content (AvgIpc) is 2.28. The topological polar surface area (TPSA) is 35.2 Å². The first-order valence-corrected chi connectivity index (χ1v) is 6.39. The summed E-state index contributed by atoms with van der Waals surface area (Å²) in [7, 11) is 1.70. The SMILES string of the molecule is COc1ccccc1C(C)(N)CCCC(C)C. The fourth-order valence-corrected chi connectivity index (χ4v) is 2.13. The lowest BCUT2D eigenvalue weighted by molar-refractivity contribution is 0.365. The Hall–Kier alpha value is -1.02. The Kier molecular flexibility index (Phi) is 5.01. The zero-order valence-corrected chi connectivity index (χ0v) is 11.5. The maximum Gasteiger partial charge on any atom is 0.123 e. The van der Waals surface area contributed by atoms with Crippen LogP contribution >= 0.6 is 0 Å². The summed E-state index contributed by atoms with van der Waals surface area (Å²) in [5, 5.41) is 0. The molecule has 1 aromatic rings. The molecule has 0 saturated heterocycles. The molecule has 0 aromatic heterocycles. The van der Waals surface area contributed by atoms with Crippen molar-refractivity contribution in [1.29, 1.82) is 0 Å². The van der Waals surface area contributed by atoms with Gasteiger partial charge in [0, 0.05) is 11.1 Å². The molecule has 1 rings (SSSR count). The van der Waals surface area contributed by atoms with Crippen LogP contribution in [0.3, 0.4) is 0 Å². The highest BCUT2D eigenvalue weighted by Gasteiger charge is 2.24. The smallest absolute Gasteiger partial charge is 0.123 e. The molecule has 0 amide bonds. The van der Waals surface area contributed by atoms with Crippen molar-refractivity contribution in [3.63, 3.8) is 0 Å². The molecule has 1 atom stereocenters. The molecule has 0 fully saturated rings. The van der Waals surface area contributed by atoms with E-state index >= 15 is 0 Å². The van der Waals surface area contributed by atoms with Gasteiger partial charge >= 0.3 is 0 Å². The lowest BCUT2D eigenvalue weighted by Crippen LogP contribution is -2.33. The minimum absolute atomic E-state index is 0.304. The Balaban J connectivity index is 2.74. The number of hydrogen-bond donors (Lipinski definition) is 1. The van der Waals surface area contributed by atoms with E-state index in [1.165, 1.54) is 6.42 Å². The number of benzene rings is 1. The second-order valence-corrected chi connectivity index (χ2v) is 5.40. The van der Waals surface area contributed by atoms with Crippen LogP contribution < -0.4 is 10.5 Å². The van der Waals surface area contributed by atoms with Gasteiger partial charge in [0.25, 0.3) is 0 Å². The first-order chi connectivity index (χ1) is 7.97. The van der Waals surface area contributed by atoms with E-state index in [9.17, 15) is 0 Å². The number of hydrogen-bond acceptors (Lipinski definition) is 2. The van der Waals surface area contributed by atoms with Gasteiger partial charge in [0.2, 0.25) is 0 Å². The molecule has 1 unspecified atom stereocenters. The van der Waals surface area contributed by atoms with Gasteiger partial charge in [-0.25, -0.2) is 0 Å². The van der Waals surface area contributed by atoms with E-state index in [1.807, 2.05) is 18.2 Å². The summed E-state index contributed by atoms with van der Waals surface area (Å²) < 4.78 is 5.38. The van der Waals surface area contributed by atoms with Crippen molar-refractivity contribution >= 4 is 0 Å². The third-order valence-electron chi connectivity index (χ3n) is 3.20. The summed E-state index contributed by atoms with van der Waals surface area (Å²) in [5.74, 6) is 1.63. The average molecular weight is 235 g/mol. The molecule has 0 bridgehead atoms. The zero-order chi connectivity index (χ0) is 12.9. The molecule has 0 aliphatic carbocycles. The molecule has 2 nitrogen and oxygen atoms in total. The van der Waals surface area contributed by atoms with Gasteiger partial charge in [0.1, 0.15) is 5.75 Å². The van der Waals surface area contributed by atoms with Crippen LogP contribution in [0.4, 0.5) is 0 Å². The second kappa shape index (κ2) is 6.06. The number of rotatable bonds is 6. The van der Waals surface area contributed by atoms with E-state index in [2.05, 4.69) is 26.8 Å². The minimum atomic E-state index is -0.304. The Labute approximate surface area is 105 Å². The highest BCUT2D eigenvalue weighted by molar-refractivity contribution is 5.38. The standard InChI is InChI=1S/C15H25NO/c1-12(2)8-7-11-15(3,16)13-9-5-6-10-14(13)17-4/h5-6,9-10,12H,7-8,11,16H2,1-4H3. The number of para-hydroxylation sites is 1. The lowest BCUT2D eigenvalue weighted by atomic mass is 9.86. The normalized spacial score (nSPS) is 14.7. The Bertz CT molecular complexity index is 345. The van der Waals surface area contributed by atoms with Crippen molar-refractivity contribution in [3.05, 3.63) is 29.8 Å². The van der Waals surface area contributed by atoms with Crippen molar-refractivity contribution in [2.75, 3.05) is 7.11 Å². The number of nitrogens with two attached hydrogens (primary N) is 1. The predicted molar refractivity (Wildman–Crippen MR) is 73.2 cm³/mol. The summed E-state index contributed by atoms with van der Waals surface area (Å²) in [5.41, 5.74) is 7.22. The van der Waals surface area contributed by atoms with Crippen LogP contribution in [0.25, 0.3) is 0 Å². The van der Waals surface area contributed by atoms with Gasteiger partial charge in [-0.3, -0.25) is 0 Å². The van der Waals surface area contributed by atoms with Crippen LogP contribution in [0, 0.1) is 5.92 Å². The molecule has 0 radical (unpaired) electrons. The molecule has 0 saturated carbocycles. The second-order valence-electron chi connectivity index (χ2n) is 5.40. The Morgan fingerprint density at radius 3 is 2.53 bits per heavy atom. The van der Waals surface area contributed by atoms with Crippen LogP contribution in [-0.4, -0.2) is 7.11 Å². The molecule has 2 N–H and O–H groups in total. The van der Waals surface area contributed by atoms with Gasteiger partial charge in [-0.15, -0.1) is 0 Å². The van der Waals surface area contributed by atoms with Gasteiger partial charge in [0.15, 0.2) is 0 Å². The van der Waals surface area contributed by atoms with Gasteiger partial charge in [0.05, 0.1) is 7.11 Å². The molecule has 17 heavy (non-hydrogen) atoms. The molecular weight excluding hydrogens is 210 g/mol. The highest BCUT2D eigenvalue weighted by Crippen LogP contribution is 2.31. The van der Waals surface area contributed by atoms with Gasteiger partial charge in [-0.2, -0.15) is 0 Å². The summed E-state index contributed by atoms with van der Waals surface area (Å²) in [6, 6.07) is 8.04. The molecule has 0 aliphatic rings. The summed E-state index contributed by atoms with van der Waals surface area (Å²) in [6.07, 6.45) is 3.37. The largest absolute Gasteiger partial charge is 0.496 e. The molecule has 0 aliphatic heterocycles. The van der Waals surface area contributed by atoms with E-state index in [0.29, 0.717) is 0 Å². The van der Waals surface area contributed by atoms with Crippen LogP contribution in [0.5, 0.6) is 5.75 Å². The van der Waals surface area contributed by atoms with E-state index in [4.69, 9.17) is 10.5 Å². The molecule has 0 heterocycles. The zero-order valence-electron chi connectivity index (χ0n) is 11.5. The van der Waals surface area contributed by atoms with E-state index < -0.39 is 0 Å². The van der Waals surface area contributed by atoms with Gasteiger partial charge in [-0.05, 0) is 25.3 Å². The van der Waals surface area contributed by atoms with Crippen molar-refractivity contribution in [1.82, 2.24) is 0 Å². The van der Waals surface area contributed by atoms with Crippen LogP contribution in [-0.2, 0) is 5.54 Å². The summed E-state index contributed by atoms with van der Waals surface area (Å²) in [6.45, 7) is 6.58. The quantitative estimate of drug-likeness (QED) is 0.816. The fraction of sp³-hybridized carbons (Fsp3) is 0.600. The molecule has 96 valence electrons. The fourth-order valence-electron chi connectivity index (χ4n) is 2.13. The van der Waals surface area contributed by atoms with E-state index in [0.717, 1.165) is 30.1 Å². The van der Waals surface area contributed by atoms with E-state index in [-0.39, 0.29) is 5.54 Å². The van der Waals surface area contributed by atoms with Crippen molar-refractivity contribution in [2.24, 2.45) is 11.7 Å². The van der Waals surface area contributed by atoms with Crippen LogP contribution in [0.15, 0.2) is 24.3 Å². The van der Waals surface area contributed by atoms with Crippen LogP contribution in [0.2, 0.25) is 0 Å². The molecule has 2 heteroatoms. The van der Waals surface area contributed by atoms with Gasteiger partial charge in [-0.1, -0.05) is 44.9 Å². The maximum absolute atomic E-state index is 6.42. The third kappa shape index (κ3) is 4.04. The van der Waals surface area contributed by atoms with Crippen molar-refractivity contribution in [3.8, 4) is 5.75 Å². The number of methoxy groups -OCH3 is 1. The Morgan fingerprint density at radius 2 is 1.94 bits per heavy atom.